The van der Waals surface area contributed by atoms with Crippen molar-refractivity contribution in [2.24, 2.45) is 5.10 Å². The number of rotatable bonds is 10. The van der Waals surface area contributed by atoms with E-state index in [0.717, 1.165) is 0 Å². The van der Waals surface area contributed by atoms with Gasteiger partial charge in [-0.2, -0.15) is 5.10 Å². The van der Waals surface area contributed by atoms with Gasteiger partial charge in [-0.1, -0.05) is 23.2 Å². The van der Waals surface area contributed by atoms with Gasteiger partial charge in [0.15, 0.2) is 23.0 Å². The smallest absolute Gasteiger partial charge is 0.343 e. The highest BCUT2D eigenvalue weighted by atomic mass is 35.5. The molecule has 0 aliphatic heterocycles. The lowest BCUT2D eigenvalue weighted by Gasteiger charge is -2.10. The second-order valence-electron chi connectivity index (χ2n) is 7.47. The van der Waals surface area contributed by atoms with Crippen molar-refractivity contribution < 1.29 is 33.3 Å². The SMILES string of the molecule is COc1ccc(C(=O)NCC(=O)N/N=C/c2ccc(OC(=O)c3ccc(Cl)c(Cl)c3)c(OC)c2)cc1OC. The Morgan fingerprint density at radius 2 is 1.45 bits per heavy atom. The number of carbonyl (C=O) groups is 3. The molecular formula is C26H23Cl2N3O7. The number of halogens is 2. The molecule has 12 heteroatoms. The molecule has 3 rings (SSSR count). The van der Waals surface area contributed by atoms with Gasteiger partial charge in [0.25, 0.3) is 11.8 Å². The molecule has 0 fully saturated rings. The minimum absolute atomic E-state index is 0.169. The van der Waals surface area contributed by atoms with E-state index in [0.29, 0.717) is 27.6 Å². The molecule has 2 N–H and O–H groups in total. The van der Waals surface area contributed by atoms with Crippen molar-refractivity contribution in [2.45, 2.75) is 0 Å². The van der Waals surface area contributed by atoms with Gasteiger partial charge in [-0.3, -0.25) is 9.59 Å². The van der Waals surface area contributed by atoms with Gasteiger partial charge in [0.2, 0.25) is 0 Å². The van der Waals surface area contributed by atoms with Crippen LogP contribution in [0.2, 0.25) is 10.0 Å². The summed E-state index contributed by atoms with van der Waals surface area (Å²) in [5, 5.41) is 6.91. The zero-order valence-corrected chi connectivity index (χ0v) is 22.1. The number of methoxy groups -OCH3 is 3. The number of carbonyl (C=O) groups excluding carboxylic acids is 3. The van der Waals surface area contributed by atoms with E-state index in [1.807, 2.05) is 0 Å². The minimum atomic E-state index is -0.648. The standard InChI is InChI=1S/C26H23Cl2N3O7/c1-35-20-9-6-16(12-23(20)37-3)25(33)29-14-24(32)31-30-13-15-4-8-21(22(10-15)36-2)38-26(34)17-5-7-18(27)19(28)11-17/h4-13H,14H2,1-3H3,(H,29,33)(H,31,32)/b30-13+. The summed E-state index contributed by atoms with van der Waals surface area (Å²) >= 11 is 11.8. The van der Waals surface area contributed by atoms with Crippen molar-refractivity contribution >= 4 is 47.2 Å². The van der Waals surface area contributed by atoms with E-state index in [-0.39, 0.29) is 28.6 Å². The number of nitrogens with zero attached hydrogens (tertiary/aromatic N) is 1. The van der Waals surface area contributed by atoms with Gasteiger partial charge < -0.3 is 24.3 Å². The van der Waals surface area contributed by atoms with Crippen LogP contribution in [0.15, 0.2) is 59.7 Å². The molecule has 0 saturated heterocycles. The van der Waals surface area contributed by atoms with Crippen LogP contribution in [0.5, 0.6) is 23.0 Å². The largest absolute Gasteiger partial charge is 0.493 e. The van der Waals surface area contributed by atoms with Crippen molar-refractivity contribution in [3.8, 4) is 23.0 Å². The summed E-state index contributed by atoms with van der Waals surface area (Å²) in [5.74, 6) is -0.371. The van der Waals surface area contributed by atoms with Crippen LogP contribution in [-0.2, 0) is 4.79 Å². The Balaban J connectivity index is 1.55. The maximum atomic E-state index is 12.4. The van der Waals surface area contributed by atoms with E-state index in [9.17, 15) is 14.4 Å². The van der Waals surface area contributed by atoms with Crippen molar-refractivity contribution in [1.29, 1.82) is 0 Å². The van der Waals surface area contributed by atoms with Crippen LogP contribution in [0.25, 0.3) is 0 Å². The molecule has 0 aliphatic carbocycles. The fraction of sp³-hybridized carbons (Fsp3) is 0.154. The fourth-order valence-electron chi connectivity index (χ4n) is 3.09. The summed E-state index contributed by atoms with van der Waals surface area (Å²) in [7, 11) is 4.36. The molecule has 10 nitrogen and oxygen atoms in total. The first-order valence-electron chi connectivity index (χ1n) is 10.9. The molecule has 0 unspecified atom stereocenters. The number of benzene rings is 3. The van der Waals surface area contributed by atoms with Gasteiger partial charge in [0.1, 0.15) is 0 Å². The zero-order chi connectivity index (χ0) is 27.7. The van der Waals surface area contributed by atoms with Crippen LogP contribution in [0.4, 0.5) is 0 Å². The van der Waals surface area contributed by atoms with Crippen LogP contribution in [0, 0.1) is 0 Å². The molecule has 0 spiro atoms. The predicted molar refractivity (Wildman–Crippen MR) is 142 cm³/mol. The average Bonchev–Trinajstić information content (AvgIpc) is 2.93. The Bertz CT molecular complexity index is 1380. The number of hydrogen-bond donors (Lipinski definition) is 2. The van der Waals surface area contributed by atoms with Gasteiger partial charge in [-0.25, -0.2) is 10.2 Å². The molecule has 0 radical (unpaired) electrons. The average molecular weight is 560 g/mol. The maximum Gasteiger partial charge on any atom is 0.343 e. The van der Waals surface area contributed by atoms with Crippen LogP contribution in [0.3, 0.4) is 0 Å². The Morgan fingerprint density at radius 3 is 2.13 bits per heavy atom. The highest BCUT2D eigenvalue weighted by molar-refractivity contribution is 6.42. The van der Waals surface area contributed by atoms with Crippen LogP contribution in [0.1, 0.15) is 26.3 Å². The van der Waals surface area contributed by atoms with Crippen molar-refractivity contribution in [2.75, 3.05) is 27.9 Å². The number of hydrogen-bond acceptors (Lipinski definition) is 8. The lowest BCUT2D eigenvalue weighted by molar-refractivity contribution is -0.120. The topological polar surface area (TPSA) is 125 Å². The normalized spacial score (nSPS) is 10.6. The number of amides is 2. The number of ether oxygens (including phenoxy) is 4. The molecule has 0 saturated carbocycles. The number of hydrazone groups is 1. The van der Waals surface area contributed by atoms with E-state index in [1.54, 1.807) is 24.3 Å². The van der Waals surface area contributed by atoms with E-state index >= 15 is 0 Å². The van der Waals surface area contributed by atoms with Gasteiger partial charge >= 0.3 is 5.97 Å². The van der Waals surface area contributed by atoms with Gasteiger partial charge in [0, 0.05) is 5.56 Å². The van der Waals surface area contributed by atoms with E-state index < -0.39 is 17.8 Å². The van der Waals surface area contributed by atoms with Gasteiger partial charge in [-0.15, -0.1) is 0 Å². The van der Waals surface area contributed by atoms with Gasteiger partial charge in [0.05, 0.1) is 49.7 Å². The van der Waals surface area contributed by atoms with Crippen molar-refractivity contribution in [1.82, 2.24) is 10.7 Å². The van der Waals surface area contributed by atoms with Crippen molar-refractivity contribution in [3.63, 3.8) is 0 Å². The first-order chi connectivity index (χ1) is 18.2. The summed E-state index contributed by atoms with van der Waals surface area (Å²) in [6.45, 7) is -0.308. The minimum Gasteiger partial charge on any atom is -0.493 e. The van der Waals surface area contributed by atoms with Crippen molar-refractivity contribution in [3.05, 3.63) is 81.3 Å². The van der Waals surface area contributed by atoms with Crippen LogP contribution >= 0.6 is 23.2 Å². The molecule has 0 aromatic heterocycles. The Kier molecular flexibility index (Phi) is 9.92. The third-order valence-corrected chi connectivity index (χ3v) is 5.74. The fourth-order valence-corrected chi connectivity index (χ4v) is 3.39. The Labute approximate surface area is 228 Å². The summed E-state index contributed by atoms with van der Waals surface area (Å²) in [6.07, 6.45) is 1.36. The van der Waals surface area contributed by atoms with Gasteiger partial charge in [-0.05, 0) is 60.2 Å². The molecule has 0 heterocycles. The Hall–Kier alpha value is -4.28. The van der Waals surface area contributed by atoms with E-state index in [4.69, 9.17) is 42.1 Å². The van der Waals surface area contributed by atoms with E-state index in [1.165, 1.54) is 57.9 Å². The first kappa shape index (κ1) is 28.3. The highest BCUT2D eigenvalue weighted by Crippen LogP contribution is 2.30. The molecule has 0 bridgehead atoms. The number of nitrogens with one attached hydrogen (secondary N) is 2. The summed E-state index contributed by atoms with van der Waals surface area (Å²) in [6, 6.07) is 13.7. The second-order valence-corrected chi connectivity index (χ2v) is 8.29. The first-order valence-corrected chi connectivity index (χ1v) is 11.7. The maximum absolute atomic E-state index is 12.4. The summed E-state index contributed by atoms with van der Waals surface area (Å²) in [4.78, 5) is 36.9. The quantitative estimate of drug-likeness (QED) is 0.166. The molecule has 0 atom stereocenters. The summed E-state index contributed by atoms with van der Waals surface area (Å²) in [5.41, 5.74) is 3.38. The Morgan fingerprint density at radius 1 is 0.789 bits per heavy atom. The third-order valence-electron chi connectivity index (χ3n) is 5.00. The van der Waals surface area contributed by atoms with Crippen LogP contribution in [-0.4, -0.2) is 51.9 Å². The zero-order valence-electron chi connectivity index (χ0n) is 20.5. The third kappa shape index (κ3) is 7.37. The highest BCUT2D eigenvalue weighted by Gasteiger charge is 2.15. The molecule has 3 aromatic carbocycles. The monoisotopic (exact) mass is 559 g/mol. The molecule has 0 aliphatic rings. The summed E-state index contributed by atoms with van der Waals surface area (Å²) < 4.78 is 21.0. The molecular weight excluding hydrogens is 537 g/mol. The van der Waals surface area contributed by atoms with Crippen LogP contribution < -0.4 is 29.7 Å². The lowest BCUT2D eigenvalue weighted by atomic mass is 10.2. The predicted octanol–water partition coefficient (Wildman–Crippen LogP) is 4.12. The second kappa shape index (κ2) is 13.3. The lowest BCUT2D eigenvalue weighted by Crippen LogP contribution is -2.34. The molecule has 2 amide bonds. The number of esters is 1. The molecule has 3 aromatic rings. The molecule has 198 valence electrons. The van der Waals surface area contributed by atoms with E-state index in [2.05, 4.69) is 15.8 Å². The molecule has 38 heavy (non-hydrogen) atoms.